The molecule has 0 unspecified atom stereocenters. The second-order valence-corrected chi connectivity index (χ2v) is 8.89. The van der Waals surface area contributed by atoms with Crippen molar-refractivity contribution in [2.45, 2.75) is 44.9 Å². The van der Waals surface area contributed by atoms with Gasteiger partial charge in [0.1, 0.15) is 0 Å². The van der Waals surface area contributed by atoms with Gasteiger partial charge in [0.15, 0.2) is 5.11 Å². The van der Waals surface area contributed by atoms with Gasteiger partial charge in [-0.05, 0) is 98.2 Å². The molecule has 3 N–H and O–H groups in total. The van der Waals surface area contributed by atoms with E-state index in [-0.39, 0.29) is 22.0 Å². The molecule has 4 aliphatic rings. The maximum Gasteiger partial charge on any atom is 0.335 e. The third kappa shape index (κ3) is 3.61. The van der Waals surface area contributed by atoms with Crippen LogP contribution in [0.5, 0.6) is 0 Å². The molecular weight excluding hydrogens is 348 g/mol. The summed E-state index contributed by atoms with van der Waals surface area (Å²) in [6.45, 7) is 0. The average Bonchev–Trinajstić information content (AvgIpc) is 2.53. The Morgan fingerprint density at radius 3 is 2.08 bits per heavy atom. The van der Waals surface area contributed by atoms with E-state index in [1.165, 1.54) is 50.7 Å². The van der Waals surface area contributed by atoms with Crippen LogP contribution in [0.25, 0.3) is 0 Å². The number of anilines is 1. The Kier molecular flexibility index (Phi) is 4.47. The fourth-order valence-electron chi connectivity index (χ4n) is 5.88. The van der Waals surface area contributed by atoms with Crippen molar-refractivity contribution in [2.75, 3.05) is 5.32 Å². The highest BCUT2D eigenvalue weighted by Crippen LogP contribution is 2.61. The summed E-state index contributed by atoms with van der Waals surface area (Å²) in [6.07, 6.45) is 8.26. The number of benzene rings is 1. The highest BCUT2D eigenvalue weighted by molar-refractivity contribution is 7.80. The number of thiocarbonyl (C=S) groups is 1. The van der Waals surface area contributed by atoms with Crippen LogP contribution >= 0.6 is 12.2 Å². The fraction of sp³-hybridized carbons (Fsp3) is 0.550. The van der Waals surface area contributed by atoms with Gasteiger partial charge in [0.25, 0.3) is 0 Å². The predicted octanol–water partition coefficient (Wildman–Crippen LogP) is 3.80. The lowest BCUT2D eigenvalue weighted by Crippen LogP contribution is -2.48. The van der Waals surface area contributed by atoms with E-state index in [0.29, 0.717) is 12.1 Å². The van der Waals surface area contributed by atoms with Crippen molar-refractivity contribution in [1.82, 2.24) is 5.32 Å². The van der Waals surface area contributed by atoms with Gasteiger partial charge in [0.05, 0.1) is 5.56 Å². The molecule has 4 aliphatic carbocycles. The first-order valence-corrected chi connectivity index (χ1v) is 9.76. The van der Waals surface area contributed by atoms with Crippen molar-refractivity contribution in [3.63, 3.8) is 0 Å². The van der Waals surface area contributed by atoms with Gasteiger partial charge in [-0.25, -0.2) is 4.79 Å². The minimum Gasteiger partial charge on any atom is -0.478 e. The molecule has 26 heavy (non-hydrogen) atoms. The zero-order valence-electron chi connectivity index (χ0n) is 14.7. The summed E-state index contributed by atoms with van der Waals surface area (Å²) in [6, 6.07) is 6.29. The van der Waals surface area contributed by atoms with E-state index in [9.17, 15) is 9.59 Å². The van der Waals surface area contributed by atoms with Crippen LogP contribution in [0.1, 0.15) is 55.3 Å². The molecular formula is C20H24N2O3S. The third-order valence-electron chi connectivity index (χ3n) is 6.34. The number of carbonyl (C=O) groups is 2. The summed E-state index contributed by atoms with van der Waals surface area (Å²) >= 11 is 5.25. The van der Waals surface area contributed by atoms with Crippen LogP contribution in [-0.4, -0.2) is 22.1 Å². The number of carbonyl (C=O) groups excluding carboxylic acids is 1. The maximum absolute atomic E-state index is 12.6. The minimum absolute atomic E-state index is 0.00777. The standard InChI is InChI=1S/C20H24N2O3S/c23-17(11-20-8-12-5-13(9-20)7-14(6-12)10-20)22-19(26)21-16-3-1-15(2-4-16)18(24)25/h1-4,12-14H,5-11H2,(H,24,25)(H2,21,22,23,26). The number of aromatic carboxylic acids is 1. The molecule has 0 atom stereocenters. The second kappa shape index (κ2) is 6.65. The topological polar surface area (TPSA) is 78.4 Å². The van der Waals surface area contributed by atoms with Crippen molar-refractivity contribution in [2.24, 2.45) is 23.2 Å². The van der Waals surface area contributed by atoms with E-state index in [1.54, 1.807) is 12.1 Å². The minimum atomic E-state index is -0.969. The van der Waals surface area contributed by atoms with E-state index < -0.39 is 5.97 Å². The molecule has 4 saturated carbocycles. The Morgan fingerprint density at radius 1 is 1.04 bits per heavy atom. The van der Waals surface area contributed by atoms with Crippen LogP contribution in [0.2, 0.25) is 0 Å². The van der Waals surface area contributed by atoms with E-state index >= 15 is 0 Å². The second-order valence-electron chi connectivity index (χ2n) is 8.48. The van der Waals surface area contributed by atoms with Gasteiger partial charge < -0.3 is 15.7 Å². The van der Waals surface area contributed by atoms with Crippen molar-refractivity contribution in [3.8, 4) is 0 Å². The molecule has 5 rings (SSSR count). The molecule has 1 aromatic carbocycles. The van der Waals surface area contributed by atoms with E-state index in [2.05, 4.69) is 10.6 Å². The molecule has 6 heteroatoms. The van der Waals surface area contributed by atoms with Crippen molar-refractivity contribution >= 4 is 34.9 Å². The molecule has 0 aromatic heterocycles. The highest BCUT2D eigenvalue weighted by atomic mass is 32.1. The normalized spacial score (nSPS) is 31.5. The van der Waals surface area contributed by atoms with Gasteiger partial charge >= 0.3 is 5.97 Å². The lowest BCUT2D eigenvalue weighted by molar-refractivity contribution is -0.127. The monoisotopic (exact) mass is 372 g/mol. The summed E-state index contributed by atoms with van der Waals surface area (Å²) in [5, 5.41) is 14.9. The first kappa shape index (κ1) is 17.5. The molecule has 4 bridgehead atoms. The molecule has 0 heterocycles. The van der Waals surface area contributed by atoms with Gasteiger partial charge in [-0.15, -0.1) is 0 Å². The largest absolute Gasteiger partial charge is 0.478 e. The van der Waals surface area contributed by atoms with Crippen LogP contribution in [0.15, 0.2) is 24.3 Å². The summed E-state index contributed by atoms with van der Waals surface area (Å²) < 4.78 is 0. The molecule has 0 radical (unpaired) electrons. The summed E-state index contributed by atoms with van der Waals surface area (Å²) in [5.74, 6) is 1.50. The molecule has 5 nitrogen and oxygen atoms in total. The van der Waals surface area contributed by atoms with Gasteiger partial charge in [-0.1, -0.05) is 0 Å². The zero-order valence-corrected chi connectivity index (χ0v) is 15.5. The van der Waals surface area contributed by atoms with Crippen LogP contribution in [0.4, 0.5) is 5.69 Å². The number of hydrogen-bond acceptors (Lipinski definition) is 3. The summed E-state index contributed by atoms with van der Waals surface area (Å²) in [7, 11) is 0. The molecule has 0 aliphatic heterocycles. The Hall–Kier alpha value is -1.95. The number of nitrogens with one attached hydrogen (secondary N) is 2. The SMILES string of the molecule is O=C(CC12CC3CC(CC(C3)C1)C2)NC(=S)Nc1ccc(C(=O)O)cc1. The first-order chi connectivity index (χ1) is 12.4. The van der Waals surface area contributed by atoms with Crippen LogP contribution < -0.4 is 10.6 Å². The van der Waals surface area contributed by atoms with Gasteiger partial charge in [0, 0.05) is 12.1 Å². The Bertz CT molecular complexity index is 709. The molecule has 0 spiro atoms. The third-order valence-corrected chi connectivity index (χ3v) is 6.55. The summed E-state index contributed by atoms with van der Waals surface area (Å²) in [4.78, 5) is 23.4. The van der Waals surface area contributed by atoms with Crippen LogP contribution in [0.3, 0.4) is 0 Å². The number of carboxylic acid groups (broad SMARTS) is 1. The van der Waals surface area contributed by atoms with Crippen LogP contribution in [-0.2, 0) is 4.79 Å². The molecule has 0 saturated heterocycles. The molecule has 4 fully saturated rings. The number of amides is 1. The summed E-state index contributed by atoms with van der Waals surface area (Å²) in [5.41, 5.74) is 1.07. The maximum atomic E-state index is 12.6. The van der Waals surface area contributed by atoms with E-state index in [0.717, 1.165) is 17.8 Å². The Balaban J connectivity index is 1.32. The molecule has 138 valence electrons. The van der Waals surface area contributed by atoms with Crippen molar-refractivity contribution in [3.05, 3.63) is 29.8 Å². The van der Waals surface area contributed by atoms with Gasteiger partial charge in [-0.3, -0.25) is 4.79 Å². The van der Waals surface area contributed by atoms with Gasteiger partial charge in [-0.2, -0.15) is 0 Å². The molecule has 1 amide bonds. The number of rotatable bonds is 4. The molecule has 1 aromatic rings. The van der Waals surface area contributed by atoms with Crippen molar-refractivity contribution < 1.29 is 14.7 Å². The lowest BCUT2D eigenvalue weighted by Gasteiger charge is -2.56. The number of carboxylic acids is 1. The van der Waals surface area contributed by atoms with E-state index in [1.807, 2.05) is 0 Å². The fourth-order valence-corrected chi connectivity index (χ4v) is 6.11. The van der Waals surface area contributed by atoms with Gasteiger partial charge in [0.2, 0.25) is 5.91 Å². The average molecular weight is 372 g/mol. The number of hydrogen-bond donors (Lipinski definition) is 3. The van der Waals surface area contributed by atoms with Crippen LogP contribution in [0, 0.1) is 23.2 Å². The Labute approximate surface area is 158 Å². The predicted molar refractivity (Wildman–Crippen MR) is 103 cm³/mol. The smallest absolute Gasteiger partial charge is 0.335 e. The van der Waals surface area contributed by atoms with Crippen molar-refractivity contribution in [1.29, 1.82) is 0 Å². The van der Waals surface area contributed by atoms with E-state index in [4.69, 9.17) is 17.3 Å². The first-order valence-electron chi connectivity index (χ1n) is 9.35. The lowest BCUT2D eigenvalue weighted by atomic mass is 9.49. The zero-order chi connectivity index (χ0) is 18.3. The highest BCUT2D eigenvalue weighted by Gasteiger charge is 2.51. The Morgan fingerprint density at radius 2 is 1.58 bits per heavy atom. The quantitative estimate of drug-likeness (QED) is 0.701.